The van der Waals surface area contributed by atoms with E-state index in [-0.39, 0.29) is 11.0 Å². The van der Waals surface area contributed by atoms with Crippen molar-refractivity contribution < 1.29 is 23.6 Å². The van der Waals surface area contributed by atoms with Crippen molar-refractivity contribution in [1.82, 2.24) is 0 Å². The lowest BCUT2D eigenvalue weighted by molar-refractivity contribution is -0.133. The third kappa shape index (κ3) is 21.2. The molecular weight excluding hydrogens is 553 g/mol. The van der Waals surface area contributed by atoms with Crippen LogP contribution in [0.5, 0.6) is 11.5 Å². The SMILES string of the molecule is CCCCCCCCCCCCCCSCC(=O)O.CCCCCCCCS(=O)C(C)Cc1ccc2c(c1)OCO2. The molecule has 0 bridgehead atoms. The fraction of sp³-hybridized carbons (Fsp3) is 0.794. The second kappa shape index (κ2) is 26.4. The molecule has 0 amide bonds. The van der Waals surface area contributed by atoms with Crippen LogP contribution in [-0.4, -0.2) is 44.6 Å². The summed E-state index contributed by atoms with van der Waals surface area (Å²) in [7, 11) is -0.743. The first-order valence-electron chi connectivity index (χ1n) is 16.5. The van der Waals surface area contributed by atoms with E-state index in [1.54, 1.807) is 11.8 Å². The van der Waals surface area contributed by atoms with Gasteiger partial charge in [-0.2, -0.15) is 11.8 Å². The van der Waals surface area contributed by atoms with Gasteiger partial charge in [0.25, 0.3) is 0 Å². The molecular formula is C34H60O5S2. The second-order valence-corrected chi connectivity index (χ2v) is 14.5. The number of rotatable bonds is 25. The summed E-state index contributed by atoms with van der Waals surface area (Å²) in [5, 5.41) is 8.67. The van der Waals surface area contributed by atoms with Gasteiger partial charge in [-0.3, -0.25) is 9.00 Å². The molecule has 1 aliphatic rings. The molecule has 1 N–H and O–H groups in total. The van der Waals surface area contributed by atoms with E-state index in [1.165, 1.54) is 115 Å². The highest BCUT2D eigenvalue weighted by atomic mass is 32.2. The molecule has 1 aromatic carbocycles. The van der Waals surface area contributed by atoms with Gasteiger partial charge < -0.3 is 14.6 Å². The van der Waals surface area contributed by atoms with Crippen LogP contribution < -0.4 is 9.47 Å². The smallest absolute Gasteiger partial charge is 0.313 e. The number of hydrogen-bond donors (Lipinski definition) is 1. The maximum Gasteiger partial charge on any atom is 0.313 e. The van der Waals surface area contributed by atoms with Crippen molar-refractivity contribution >= 4 is 28.5 Å². The van der Waals surface area contributed by atoms with E-state index < -0.39 is 16.8 Å². The van der Waals surface area contributed by atoms with Crippen molar-refractivity contribution in [2.24, 2.45) is 0 Å². The number of unbranched alkanes of at least 4 members (excludes halogenated alkanes) is 16. The number of aliphatic carboxylic acids is 1. The summed E-state index contributed by atoms with van der Waals surface area (Å²) in [5.41, 5.74) is 1.17. The van der Waals surface area contributed by atoms with Gasteiger partial charge in [-0.1, -0.05) is 130 Å². The lowest BCUT2D eigenvalue weighted by Crippen LogP contribution is -2.16. The molecule has 0 spiro atoms. The van der Waals surface area contributed by atoms with Gasteiger partial charge in [0.2, 0.25) is 6.79 Å². The monoisotopic (exact) mass is 612 g/mol. The molecule has 0 aromatic heterocycles. The van der Waals surface area contributed by atoms with E-state index in [1.807, 2.05) is 18.2 Å². The zero-order chi connectivity index (χ0) is 30.0. The molecule has 5 nitrogen and oxygen atoms in total. The zero-order valence-corrected chi connectivity index (χ0v) is 28.1. The van der Waals surface area contributed by atoms with Crippen LogP contribution in [0.3, 0.4) is 0 Å². The maximum absolute atomic E-state index is 12.3. The Morgan fingerprint density at radius 2 is 1.32 bits per heavy atom. The summed E-state index contributed by atoms with van der Waals surface area (Å²) in [5.74, 6) is 3.03. The quantitative estimate of drug-likeness (QED) is 0.111. The fourth-order valence-electron chi connectivity index (χ4n) is 4.92. The Kier molecular flexibility index (Phi) is 24.4. The third-order valence-electron chi connectivity index (χ3n) is 7.48. The molecule has 238 valence electrons. The first kappa shape index (κ1) is 37.8. The Morgan fingerprint density at radius 1 is 0.805 bits per heavy atom. The summed E-state index contributed by atoms with van der Waals surface area (Å²) in [6, 6.07) is 6.01. The Bertz CT molecular complexity index is 801. The van der Waals surface area contributed by atoms with Crippen molar-refractivity contribution in [3.05, 3.63) is 23.8 Å². The van der Waals surface area contributed by atoms with Gasteiger partial charge in [-0.25, -0.2) is 0 Å². The minimum absolute atomic E-state index is 0.191. The largest absolute Gasteiger partial charge is 0.481 e. The van der Waals surface area contributed by atoms with Gasteiger partial charge in [0, 0.05) is 21.8 Å². The molecule has 0 saturated heterocycles. The van der Waals surface area contributed by atoms with Crippen LogP contribution in [0.2, 0.25) is 0 Å². The fourth-order valence-corrected chi connectivity index (χ4v) is 6.92. The van der Waals surface area contributed by atoms with E-state index in [4.69, 9.17) is 14.6 Å². The maximum atomic E-state index is 12.3. The molecule has 0 fully saturated rings. The van der Waals surface area contributed by atoms with Gasteiger partial charge in [0.05, 0.1) is 5.75 Å². The number of carboxylic acids is 1. The number of fused-ring (bicyclic) bond motifs is 1. The molecule has 1 aromatic rings. The minimum atomic E-state index is -0.743. The summed E-state index contributed by atoms with van der Waals surface area (Å²) >= 11 is 1.54. The molecule has 2 unspecified atom stereocenters. The number of ether oxygens (including phenoxy) is 2. The topological polar surface area (TPSA) is 72.8 Å². The number of hydrogen-bond acceptors (Lipinski definition) is 5. The third-order valence-corrected chi connectivity index (χ3v) is 10.3. The van der Waals surface area contributed by atoms with E-state index >= 15 is 0 Å². The Morgan fingerprint density at radius 3 is 1.88 bits per heavy atom. The highest BCUT2D eigenvalue weighted by Gasteiger charge is 2.16. The van der Waals surface area contributed by atoms with E-state index in [0.29, 0.717) is 6.79 Å². The van der Waals surface area contributed by atoms with E-state index in [2.05, 4.69) is 20.8 Å². The van der Waals surface area contributed by atoms with E-state index in [0.717, 1.165) is 35.8 Å². The van der Waals surface area contributed by atoms with Gasteiger partial charge in [-0.15, -0.1) is 0 Å². The normalized spacial score (nSPS) is 13.4. The molecule has 0 radical (unpaired) electrons. The van der Waals surface area contributed by atoms with Crippen molar-refractivity contribution in [3.63, 3.8) is 0 Å². The second-order valence-electron chi connectivity index (χ2n) is 11.4. The van der Waals surface area contributed by atoms with Crippen LogP contribution in [-0.2, 0) is 22.0 Å². The summed E-state index contributed by atoms with van der Waals surface area (Å²) in [6.07, 6.45) is 24.7. The predicted octanol–water partition coefficient (Wildman–Crippen LogP) is 9.96. The number of carbonyl (C=O) groups is 1. The van der Waals surface area contributed by atoms with Gasteiger partial charge in [-0.05, 0) is 42.7 Å². The van der Waals surface area contributed by atoms with Crippen LogP contribution >= 0.6 is 11.8 Å². The molecule has 2 atom stereocenters. The summed E-state index contributed by atoms with van der Waals surface area (Å²) in [4.78, 5) is 10.3. The summed E-state index contributed by atoms with van der Waals surface area (Å²) < 4.78 is 23.0. The van der Waals surface area contributed by atoms with Crippen molar-refractivity contribution in [2.45, 2.75) is 148 Å². The minimum Gasteiger partial charge on any atom is -0.481 e. The standard InChI is InChI=1S/C18H28O3S.C16H32O2S/c1-3-4-5-6-7-8-11-22(19)15(2)12-16-9-10-17-18(13-16)21-14-20-17;1-2-3-4-5-6-7-8-9-10-11-12-13-14-19-15-16(17)18/h9-10,13,15H,3-8,11-12,14H2,1-2H3;2-15H2,1H3,(H,17,18). The first-order valence-corrected chi connectivity index (χ1v) is 19.1. The Labute approximate surface area is 258 Å². The average Bonchev–Trinajstić information content (AvgIpc) is 3.43. The predicted molar refractivity (Wildman–Crippen MR) is 178 cm³/mol. The molecule has 1 heterocycles. The van der Waals surface area contributed by atoms with Gasteiger partial charge in [0.1, 0.15) is 0 Å². The first-order chi connectivity index (χ1) is 20.0. The molecule has 41 heavy (non-hydrogen) atoms. The van der Waals surface area contributed by atoms with Crippen LogP contribution in [0.15, 0.2) is 18.2 Å². The van der Waals surface area contributed by atoms with Crippen LogP contribution in [0.25, 0.3) is 0 Å². The van der Waals surface area contributed by atoms with Crippen molar-refractivity contribution in [1.29, 1.82) is 0 Å². The van der Waals surface area contributed by atoms with Gasteiger partial charge >= 0.3 is 5.97 Å². The number of benzene rings is 1. The Hall–Kier alpha value is -1.21. The van der Waals surface area contributed by atoms with Crippen molar-refractivity contribution in [3.8, 4) is 11.5 Å². The zero-order valence-electron chi connectivity index (χ0n) is 26.5. The molecule has 0 aliphatic carbocycles. The molecule has 1 aliphatic heterocycles. The summed E-state index contributed by atoms with van der Waals surface area (Å²) in [6.45, 7) is 6.88. The van der Waals surface area contributed by atoms with Crippen LogP contribution in [0.4, 0.5) is 0 Å². The van der Waals surface area contributed by atoms with Crippen LogP contribution in [0.1, 0.15) is 142 Å². The van der Waals surface area contributed by atoms with Gasteiger partial charge in [0.15, 0.2) is 11.5 Å². The number of thioether (sulfide) groups is 1. The van der Waals surface area contributed by atoms with Crippen molar-refractivity contribution in [2.75, 3.05) is 24.1 Å². The lowest BCUT2D eigenvalue weighted by Gasteiger charge is -2.12. The average molecular weight is 613 g/mol. The number of carboxylic acid groups (broad SMARTS) is 1. The Balaban J connectivity index is 0.000000416. The molecule has 7 heteroatoms. The molecule has 0 saturated carbocycles. The highest BCUT2D eigenvalue weighted by Crippen LogP contribution is 2.33. The molecule has 2 rings (SSSR count). The van der Waals surface area contributed by atoms with E-state index in [9.17, 15) is 9.00 Å². The van der Waals surface area contributed by atoms with Crippen LogP contribution in [0, 0.1) is 0 Å². The lowest BCUT2D eigenvalue weighted by atomic mass is 10.1. The highest BCUT2D eigenvalue weighted by molar-refractivity contribution is 7.99.